The van der Waals surface area contributed by atoms with Crippen LogP contribution in [0.1, 0.15) is 11.1 Å². The van der Waals surface area contributed by atoms with Crippen LogP contribution in [0.3, 0.4) is 0 Å². The van der Waals surface area contributed by atoms with Crippen molar-refractivity contribution in [1.29, 1.82) is 0 Å². The van der Waals surface area contributed by atoms with Crippen LogP contribution in [-0.4, -0.2) is 20.9 Å². The van der Waals surface area contributed by atoms with Crippen LogP contribution in [0.15, 0.2) is 71.6 Å². The zero-order chi connectivity index (χ0) is 21.7. The summed E-state index contributed by atoms with van der Waals surface area (Å²) in [5.41, 5.74) is 3.21. The second-order valence-electron chi connectivity index (χ2n) is 6.74. The Balaban J connectivity index is 1.58. The molecular formula is C22H21ClN2O4S. The van der Waals surface area contributed by atoms with E-state index in [1.807, 2.05) is 32.0 Å². The molecule has 0 bridgehead atoms. The molecule has 8 heteroatoms. The fourth-order valence-electron chi connectivity index (χ4n) is 2.74. The lowest BCUT2D eigenvalue weighted by Crippen LogP contribution is -2.20. The van der Waals surface area contributed by atoms with Crippen LogP contribution in [0.4, 0.5) is 11.4 Å². The normalized spacial score (nSPS) is 11.0. The Kier molecular flexibility index (Phi) is 6.64. The predicted octanol–water partition coefficient (Wildman–Crippen LogP) is 4.78. The molecular weight excluding hydrogens is 424 g/mol. The first-order chi connectivity index (χ1) is 14.2. The van der Waals surface area contributed by atoms with Crippen molar-refractivity contribution < 1.29 is 17.9 Å². The Morgan fingerprint density at radius 2 is 1.63 bits per heavy atom. The monoisotopic (exact) mass is 444 g/mol. The van der Waals surface area contributed by atoms with E-state index in [4.69, 9.17) is 16.3 Å². The molecule has 3 rings (SSSR count). The van der Waals surface area contributed by atoms with Crippen LogP contribution in [0.2, 0.25) is 5.02 Å². The van der Waals surface area contributed by atoms with Gasteiger partial charge in [0, 0.05) is 16.4 Å². The molecule has 0 fully saturated rings. The molecule has 0 aromatic heterocycles. The van der Waals surface area contributed by atoms with E-state index in [1.54, 1.807) is 24.3 Å². The van der Waals surface area contributed by atoms with Gasteiger partial charge in [0.05, 0.1) is 4.90 Å². The summed E-state index contributed by atoms with van der Waals surface area (Å²) in [6.45, 7) is 3.71. The molecule has 3 aromatic rings. The third kappa shape index (κ3) is 5.75. The van der Waals surface area contributed by atoms with Gasteiger partial charge in [-0.3, -0.25) is 9.52 Å². The molecule has 0 atom stereocenters. The molecule has 0 spiro atoms. The summed E-state index contributed by atoms with van der Waals surface area (Å²) in [6.07, 6.45) is 0. The zero-order valence-corrected chi connectivity index (χ0v) is 18.0. The molecule has 1 amide bonds. The number of amides is 1. The van der Waals surface area contributed by atoms with Gasteiger partial charge < -0.3 is 10.1 Å². The first-order valence-corrected chi connectivity index (χ1v) is 11.0. The van der Waals surface area contributed by atoms with Gasteiger partial charge in [0.2, 0.25) is 0 Å². The molecule has 30 heavy (non-hydrogen) atoms. The highest BCUT2D eigenvalue weighted by atomic mass is 35.5. The van der Waals surface area contributed by atoms with Gasteiger partial charge in [-0.15, -0.1) is 0 Å². The van der Waals surface area contributed by atoms with Crippen LogP contribution in [0, 0.1) is 13.8 Å². The first-order valence-electron chi connectivity index (χ1n) is 9.11. The number of hydrogen-bond donors (Lipinski definition) is 2. The number of ether oxygens (including phenoxy) is 1. The number of aryl methyl sites for hydroxylation is 2. The van der Waals surface area contributed by atoms with Crippen LogP contribution in [-0.2, 0) is 14.8 Å². The Morgan fingerprint density at radius 1 is 0.967 bits per heavy atom. The SMILES string of the molecule is Cc1ccc(NC(=O)COc2ccc(S(=O)(=O)Nc3ccc(Cl)cc3)cc2)c(C)c1. The predicted molar refractivity (Wildman–Crippen MR) is 119 cm³/mol. The van der Waals surface area contributed by atoms with E-state index in [2.05, 4.69) is 10.0 Å². The number of sulfonamides is 1. The zero-order valence-electron chi connectivity index (χ0n) is 16.5. The standard InChI is InChI=1S/C22H21ClN2O4S/c1-15-3-12-21(16(2)13-15)24-22(26)14-29-19-8-10-20(11-9-19)30(27,28)25-18-6-4-17(23)5-7-18/h3-13,25H,14H2,1-2H3,(H,24,26). The smallest absolute Gasteiger partial charge is 0.262 e. The van der Waals surface area contributed by atoms with E-state index in [9.17, 15) is 13.2 Å². The minimum absolute atomic E-state index is 0.0736. The van der Waals surface area contributed by atoms with Gasteiger partial charge in [-0.05, 0) is 74.0 Å². The minimum Gasteiger partial charge on any atom is -0.484 e. The summed E-state index contributed by atoms with van der Waals surface area (Å²) in [7, 11) is -3.75. The fraction of sp³-hybridized carbons (Fsp3) is 0.136. The summed E-state index contributed by atoms with van der Waals surface area (Å²) in [5, 5.41) is 3.31. The molecule has 0 radical (unpaired) electrons. The fourth-order valence-corrected chi connectivity index (χ4v) is 3.92. The number of carbonyl (C=O) groups is 1. The Morgan fingerprint density at radius 3 is 2.27 bits per heavy atom. The molecule has 156 valence electrons. The molecule has 0 aliphatic rings. The highest BCUT2D eigenvalue weighted by Crippen LogP contribution is 2.21. The molecule has 0 saturated carbocycles. The lowest BCUT2D eigenvalue weighted by molar-refractivity contribution is -0.118. The summed E-state index contributed by atoms with van der Waals surface area (Å²) in [4.78, 5) is 12.2. The van der Waals surface area contributed by atoms with Crippen molar-refractivity contribution >= 4 is 38.9 Å². The first kappa shape index (κ1) is 21.7. The summed E-state index contributed by atoms with van der Waals surface area (Å²) >= 11 is 5.81. The second-order valence-corrected chi connectivity index (χ2v) is 8.86. The molecule has 0 aliphatic heterocycles. The number of hydrogen-bond acceptors (Lipinski definition) is 4. The maximum Gasteiger partial charge on any atom is 0.262 e. The number of anilines is 2. The van der Waals surface area contributed by atoms with Crippen molar-refractivity contribution in [2.24, 2.45) is 0 Å². The highest BCUT2D eigenvalue weighted by Gasteiger charge is 2.14. The Labute approximate surface area is 180 Å². The largest absolute Gasteiger partial charge is 0.484 e. The third-order valence-corrected chi connectivity index (χ3v) is 5.91. The number of rotatable bonds is 7. The maximum absolute atomic E-state index is 12.5. The van der Waals surface area contributed by atoms with Gasteiger partial charge in [-0.2, -0.15) is 0 Å². The summed E-state index contributed by atoms with van der Waals surface area (Å²) in [6, 6.07) is 17.9. The summed E-state index contributed by atoms with van der Waals surface area (Å²) < 4.78 is 32.9. The quantitative estimate of drug-likeness (QED) is 0.549. The topological polar surface area (TPSA) is 84.5 Å². The van der Waals surface area contributed by atoms with Gasteiger partial charge >= 0.3 is 0 Å². The highest BCUT2D eigenvalue weighted by molar-refractivity contribution is 7.92. The van der Waals surface area contributed by atoms with Crippen molar-refractivity contribution in [3.8, 4) is 5.75 Å². The molecule has 0 unspecified atom stereocenters. The van der Waals surface area contributed by atoms with Crippen molar-refractivity contribution in [1.82, 2.24) is 0 Å². The lowest BCUT2D eigenvalue weighted by atomic mass is 10.1. The van der Waals surface area contributed by atoms with E-state index in [1.165, 1.54) is 24.3 Å². The average Bonchev–Trinajstić information content (AvgIpc) is 2.70. The number of benzene rings is 3. The van der Waals surface area contributed by atoms with Gasteiger partial charge in [-0.1, -0.05) is 29.3 Å². The maximum atomic E-state index is 12.5. The van der Waals surface area contributed by atoms with E-state index >= 15 is 0 Å². The minimum atomic E-state index is -3.75. The van der Waals surface area contributed by atoms with Gasteiger partial charge in [0.25, 0.3) is 15.9 Å². The molecule has 6 nitrogen and oxygen atoms in total. The van der Waals surface area contributed by atoms with E-state index < -0.39 is 10.0 Å². The average molecular weight is 445 g/mol. The molecule has 0 aliphatic carbocycles. The van der Waals surface area contributed by atoms with Crippen LogP contribution < -0.4 is 14.8 Å². The molecule has 0 heterocycles. The van der Waals surface area contributed by atoms with Crippen LogP contribution >= 0.6 is 11.6 Å². The van der Waals surface area contributed by atoms with Crippen molar-refractivity contribution in [3.63, 3.8) is 0 Å². The van der Waals surface area contributed by atoms with Crippen LogP contribution in [0.25, 0.3) is 0 Å². The van der Waals surface area contributed by atoms with Crippen molar-refractivity contribution in [2.45, 2.75) is 18.7 Å². The van der Waals surface area contributed by atoms with Gasteiger partial charge in [0.1, 0.15) is 5.75 Å². The Hall–Kier alpha value is -3.03. The van der Waals surface area contributed by atoms with Crippen LogP contribution in [0.5, 0.6) is 5.75 Å². The number of nitrogens with one attached hydrogen (secondary N) is 2. The number of halogens is 1. The molecule has 2 N–H and O–H groups in total. The third-order valence-electron chi connectivity index (χ3n) is 4.26. The van der Waals surface area contributed by atoms with E-state index in [0.717, 1.165) is 16.8 Å². The van der Waals surface area contributed by atoms with Crippen molar-refractivity contribution in [3.05, 3.63) is 82.9 Å². The lowest BCUT2D eigenvalue weighted by Gasteiger charge is -2.11. The van der Waals surface area contributed by atoms with Gasteiger partial charge in [-0.25, -0.2) is 8.42 Å². The summed E-state index contributed by atoms with van der Waals surface area (Å²) in [5.74, 6) is 0.0827. The van der Waals surface area contributed by atoms with Gasteiger partial charge in [0.15, 0.2) is 6.61 Å². The Bertz CT molecular complexity index is 1140. The molecule has 3 aromatic carbocycles. The van der Waals surface area contributed by atoms with Crippen molar-refractivity contribution in [2.75, 3.05) is 16.6 Å². The number of carbonyl (C=O) groups excluding carboxylic acids is 1. The second kappa shape index (κ2) is 9.19. The van der Waals surface area contributed by atoms with E-state index in [-0.39, 0.29) is 17.4 Å². The molecule has 0 saturated heterocycles. The van der Waals surface area contributed by atoms with E-state index in [0.29, 0.717) is 16.5 Å².